The summed E-state index contributed by atoms with van der Waals surface area (Å²) in [4.78, 5) is 2.60. The van der Waals surface area contributed by atoms with E-state index in [1.165, 1.54) is 0 Å². The number of aliphatic hydroxyl groups excluding tert-OH is 1. The predicted octanol–water partition coefficient (Wildman–Crippen LogP) is 2.33. The zero-order valence-electron chi connectivity index (χ0n) is 14.4. The van der Waals surface area contributed by atoms with Gasteiger partial charge in [-0.3, -0.25) is 0 Å². The van der Waals surface area contributed by atoms with Gasteiger partial charge in [-0.1, -0.05) is 11.6 Å². The highest BCUT2D eigenvalue weighted by Crippen LogP contribution is 2.23. The summed E-state index contributed by atoms with van der Waals surface area (Å²) in [7, 11) is -3.52. The maximum atomic E-state index is 12.5. The molecule has 0 saturated carbocycles. The number of piperidine rings is 1. The van der Waals surface area contributed by atoms with Crippen molar-refractivity contribution in [2.75, 3.05) is 32.8 Å². The van der Waals surface area contributed by atoms with Gasteiger partial charge in [-0.2, -0.15) is 0 Å². The van der Waals surface area contributed by atoms with Crippen molar-refractivity contribution < 1.29 is 13.5 Å². The van der Waals surface area contributed by atoms with Crippen LogP contribution in [0.1, 0.15) is 30.4 Å². The van der Waals surface area contributed by atoms with E-state index < -0.39 is 10.0 Å². The average Bonchev–Trinajstić information content (AvgIpc) is 2.55. The fourth-order valence-corrected chi connectivity index (χ4v) is 4.74. The topological polar surface area (TPSA) is 69.6 Å². The lowest BCUT2D eigenvalue weighted by atomic mass is 9.99. The van der Waals surface area contributed by atoms with Crippen LogP contribution in [0.15, 0.2) is 17.0 Å². The van der Waals surface area contributed by atoms with E-state index in [0.717, 1.165) is 44.5 Å². The van der Waals surface area contributed by atoms with Crippen LogP contribution in [0.3, 0.4) is 0 Å². The molecule has 2 N–H and O–H groups in total. The zero-order chi connectivity index (χ0) is 17.7. The zero-order valence-corrected chi connectivity index (χ0v) is 16.0. The largest absolute Gasteiger partial charge is 0.396 e. The van der Waals surface area contributed by atoms with E-state index in [4.69, 9.17) is 11.6 Å². The summed E-state index contributed by atoms with van der Waals surface area (Å²) in [6, 6.07) is 3.31. The smallest absolute Gasteiger partial charge is 0.240 e. The SMILES string of the molecule is Cc1cc(S(=O)(=O)NCCCN2CCCC(CO)C2)c(C)cc1Cl. The molecule has 0 amide bonds. The Morgan fingerprint density at radius 3 is 2.79 bits per heavy atom. The second-order valence-electron chi connectivity index (χ2n) is 6.61. The Hall–Kier alpha value is -0.660. The van der Waals surface area contributed by atoms with E-state index in [9.17, 15) is 13.5 Å². The van der Waals surface area contributed by atoms with Crippen LogP contribution in [0.25, 0.3) is 0 Å². The Labute approximate surface area is 150 Å². The van der Waals surface area contributed by atoms with Crippen LogP contribution in [0.2, 0.25) is 5.02 Å². The molecule has 2 rings (SSSR count). The minimum atomic E-state index is -3.52. The molecule has 1 fully saturated rings. The quantitative estimate of drug-likeness (QED) is 0.719. The van der Waals surface area contributed by atoms with Crippen LogP contribution in [-0.4, -0.2) is 51.2 Å². The third kappa shape index (κ3) is 5.17. The normalized spacial score (nSPS) is 19.6. The van der Waals surface area contributed by atoms with Crippen molar-refractivity contribution in [1.29, 1.82) is 0 Å². The summed E-state index contributed by atoms with van der Waals surface area (Å²) in [6.07, 6.45) is 2.93. The van der Waals surface area contributed by atoms with Gasteiger partial charge in [-0.15, -0.1) is 0 Å². The molecule has 0 bridgehead atoms. The van der Waals surface area contributed by atoms with Gasteiger partial charge < -0.3 is 10.0 Å². The monoisotopic (exact) mass is 374 g/mol. The van der Waals surface area contributed by atoms with Crippen LogP contribution in [0, 0.1) is 19.8 Å². The fraction of sp³-hybridized carbons (Fsp3) is 0.647. The predicted molar refractivity (Wildman–Crippen MR) is 97.0 cm³/mol. The molecule has 7 heteroatoms. The van der Waals surface area contributed by atoms with E-state index in [2.05, 4.69) is 9.62 Å². The van der Waals surface area contributed by atoms with Gasteiger partial charge in [0.1, 0.15) is 0 Å². The van der Waals surface area contributed by atoms with Crippen molar-refractivity contribution in [2.45, 2.75) is 38.0 Å². The highest BCUT2D eigenvalue weighted by Gasteiger charge is 2.20. The third-order valence-corrected chi connectivity index (χ3v) is 6.56. The number of benzene rings is 1. The minimum Gasteiger partial charge on any atom is -0.396 e. The summed E-state index contributed by atoms with van der Waals surface area (Å²) in [5.41, 5.74) is 1.41. The van der Waals surface area contributed by atoms with Gasteiger partial charge in [-0.05, 0) is 75.4 Å². The van der Waals surface area contributed by atoms with Gasteiger partial charge in [0.2, 0.25) is 10.0 Å². The Morgan fingerprint density at radius 1 is 1.33 bits per heavy atom. The summed E-state index contributed by atoms with van der Waals surface area (Å²) < 4.78 is 27.6. The van der Waals surface area contributed by atoms with E-state index in [1.54, 1.807) is 26.0 Å². The lowest BCUT2D eigenvalue weighted by Gasteiger charge is -2.31. The number of hydrogen-bond acceptors (Lipinski definition) is 4. The molecule has 1 aromatic carbocycles. The maximum absolute atomic E-state index is 12.5. The lowest BCUT2D eigenvalue weighted by Crippen LogP contribution is -2.38. The van der Waals surface area contributed by atoms with Gasteiger partial charge in [0.25, 0.3) is 0 Å². The first-order valence-corrected chi connectivity index (χ1v) is 10.3. The molecule has 1 aromatic rings. The fourth-order valence-electron chi connectivity index (χ4n) is 3.13. The van der Waals surface area contributed by atoms with Crippen LogP contribution < -0.4 is 4.72 Å². The molecular formula is C17H27ClN2O3S. The summed E-state index contributed by atoms with van der Waals surface area (Å²) in [5, 5.41) is 9.83. The molecule has 24 heavy (non-hydrogen) atoms. The molecule has 1 unspecified atom stereocenters. The Kier molecular flexibility index (Phi) is 7.07. The Balaban J connectivity index is 1.86. The number of likely N-dealkylation sites (tertiary alicyclic amines) is 1. The Bertz CT molecular complexity index is 664. The van der Waals surface area contributed by atoms with Gasteiger partial charge in [0.05, 0.1) is 4.90 Å². The second kappa shape index (κ2) is 8.63. The highest BCUT2D eigenvalue weighted by atomic mass is 35.5. The van der Waals surface area contributed by atoms with Gasteiger partial charge in [-0.25, -0.2) is 13.1 Å². The molecule has 1 heterocycles. The number of nitrogens with zero attached hydrogens (tertiary/aromatic N) is 1. The van der Waals surface area contributed by atoms with Crippen molar-refractivity contribution in [1.82, 2.24) is 9.62 Å². The Morgan fingerprint density at radius 2 is 2.08 bits per heavy atom. The van der Waals surface area contributed by atoms with Gasteiger partial charge >= 0.3 is 0 Å². The van der Waals surface area contributed by atoms with Gasteiger partial charge in [0, 0.05) is 24.7 Å². The number of rotatable bonds is 7. The number of aryl methyl sites for hydroxylation is 2. The molecule has 0 aromatic heterocycles. The highest BCUT2D eigenvalue weighted by molar-refractivity contribution is 7.89. The molecule has 1 atom stereocenters. The first-order valence-electron chi connectivity index (χ1n) is 8.43. The van der Waals surface area contributed by atoms with Crippen molar-refractivity contribution in [2.24, 2.45) is 5.92 Å². The second-order valence-corrected chi connectivity index (χ2v) is 8.75. The maximum Gasteiger partial charge on any atom is 0.240 e. The van der Waals surface area contributed by atoms with E-state index in [1.807, 2.05) is 0 Å². The number of nitrogens with one attached hydrogen (secondary N) is 1. The summed E-state index contributed by atoms with van der Waals surface area (Å²) in [6.45, 7) is 6.97. The van der Waals surface area contributed by atoms with Crippen molar-refractivity contribution in [3.8, 4) is 0 Å². The molecular weight excluding hydrogens is 348 g/mol. The molecule has 0 spiro atoms. The average molecular weight is 375 g/mol. The van der Waals surface area contributed by atoms with Crippen molar-refractivity contribution >= 4 is 21.6 Å². The first-order chi connectivity index (χ1) is 11.3. The third-order valence-electron chi connectivity index (χ3n) is 4.55. The van der Waals surface area contributed by atoms with E-state index >= 15 is 0 Å². The standard InChI is InChI=1S/C17H27ClN2O3S/c1-13-10-17(14(2)9-16(13)18)24(22,23)19-6-4-8-20-7-3-5-15(11-20)12-21/h9-10,15,19,21H,3-8,11-12H2,1-2H3. The molecule has 136 valence electrons. The van der Waals surface area contributed by atoms with Crippen LogP contribution >= 0.6 is 11.6 Å². The van der Waals surface area contributed by atoms with Crippen LogP contribution in [0.5, 0.6) is 0 Å². The molecule has 0 radical (unpaired) electrons. The minimum absolute atomic E-state index is 0.234. The van der Waals surface area contributed by atoms with Crippen LogP contribution in [0.4, 0.5) is 0 Å². The lowest BCUT2D eigenvalue weighted by molar-refractivity contribution is 0.120. The number of aliphatic hydroxyl groups is 1. The molecule has 1 aliphatic heterocycles. The van der Waals surface area contributed by atoms with E-state index in [0.29, 0.717) is 27.9 Å². The molecule has 1 saturated heterocycles. The van der Waals surface area contributed by atoms with E-state index in [-0.39, 0.29) is 6.61 Å². The number of sulfonamides is 1. The molecule has 0 aliphatic carbocycles. The molecule has 1 aliphatic rings. The number of halogens is 1. The van der Waals surface area contributed by atoms with Crippen LogP contribution in [-0.2, 0) is 10.0 Å². The summed E-state index contributed by atoms with van der Waals surface area (Å²) in [5.74, 6) is 0.357. The van der Waals surface area contributed by atoms with Gasteiger partial charge in [0.15, 0.2) is 0 Å². The summed E-state index contributed by atoms with van der Waals surface area (Å²) >= 11 is 6.03. The molecule has 5 nitrogen and oxygen atoms in total. The van der Waals surface area contributed by atoms with Crippen molar-refractivity contribution in [3.63, 3.8) is 0 Å². The van der Waals surface area contributed by atoms with Crippen molar-refractivity contribution in [3.05, 3.63) is 28.3 Å². The first kappa shape index (κ1) is 19.7. The number of hydrogen-bond donors (Lipinski definition) is 2.